The number of methoxy groups -OCH3 is 2. The van der Waals surface area contributed by atoms with Crippen LogP contribution in [-0.2, 0) is 4.79 Å². The van der Waals surface area contributed by atoms with Crippen molar-refractivity contribution < 1.29 is 14.3 Å². The van der Waals surface area contributed by atoms with E-state index >= 15 is 0 Å². The molecule has 0 atom stereocenters. The van der Waals surface area contributed by atoms with E-state index in [9.17, 15) is 4.79 Å². The van der Waals surface area contributed by atoms with Crippen LogP contribution in [0.5, 0.6) is 11.5 Å². The largest absolute Gasteiger partial charge is 0.497 e. The number of nitriles is 1. The molecule has 0 saturated heterocycles. The summed E-state index contributed by atoms with van der Waals surface area (Å²) in [6.07, 6.45) is 1.20. The van der Waals surface area contributed by atoms with Gasteiger partial charge < -0.3 is 9.47 Å². The van der Waals surface area contributed by atoms with E-state index in [0.29, 0.717) is 17.1 Å². The predicted octanol–water partition coefficient (Wildman–Crippen LogP) is 1.07. The molecule has 0 spiro atoms. The van der Waals surface area contributed by atoms with Crippen LogP contribution in [0.1, 0.15) is 12.0 Å². The molecule has 1 aromatic carbocycles. The lowest BCUT2D eigenvalue weighted by molar-refractivity contribution is -0.120. The molecular weight excluding hydrogens is 234 g/mol. The highest BCUT2D eigenvalue weighted by Gasteiger charge is 2.03. The Morgan fingerprint density at radius 2 is 2.28 bits per heavy atom. The van der Waals surface area contributed by atoms with E-state index in [1.54, 1.807) is 31.4 Å². The zero-order chi connectivity index (χ0) is 13.4. The first-order valence-corrected chi connectivity index (χ1v) is 5.12. The summed E-state index contributed by atoms with van der Waals surface area (Å²) in [6.45, 7) is 0. The number of carbonyl (C=O) groups excluding carboxylic acids is 1. The maximum Gasteiger partial charge on any atom is 0.254 e. The average Bonchev–Trinajstić information content (AvgIpc) is 2.39. The fraction of sp³-hybridized carbons (Fsp3) is 0.250. The van der Waals surface area contributed by atoms with Gasteiger partial charge in [-0.3, -0.25) is 4.79 Å². The minimum atomic E-state index is -0.462. The predicted molar refractivity (Wildman–Crippen MR) is 65.5 cm³/mol. The molecule has 6 nitrogen and oxygen atoms in total. The van der Waals surface area contributed by atoms with Crippen molar-refractivity contribution >= 4 is 12.1 Å². The zero-order valence-corrected chi connectivity index (χ0v) is 10.1. The van der Waals surface area contributed by atoms with E-state index in [4.69, 9.17) is 14.7 Å². The quantitative estimate of drug-likeness (QED) is 0.623. The zero-order valence-electron chi connectivity index (χ0n) is 10.1. The van der Waals surface area contributed by atoms with Gasteiger partial charge in [-0.05, 0) is 18.2 Å². The number of nitrogens with zero attached hydrogens (tertiary/aromatic N) is 2. The van der Waals surface area contributed by atoms with Crippen LogP contribution in [0.15, 0.2) is 23.3 Å². The van der Waals surface area contributed by atoms with E-state index < -0.39 is 5.91 Å². The van der Waals surface area contributed by atoms with Gasteiger partial charge in [0, 0.05) is 5.56 Å². The Labute approximate surface area is 105 Å². The van der Waals surface area contributed by atoms with E-state index in [-0.39, 0.29) is 6.42 Å². The lowest BCUT2D eigenvalue weighted by Crippen LogP contribution is -2.16. The summed E-state index contributed by atoms with van der Waals surface area (Å²) in [6, 6.07) is 6.94. The monoisotopic (exact) mass is 247 g/mol. The molecule has 94 valence electrons. The molecule has 0 radical (unpaired) electrons. The average molecular weight is 247 g/mol. The van der Waals surface area contributed by atoms with E-state index in [2.05, 4.69) is 10.5 Å². The molecule has 1 aromatic rings. The number of nitrogens with one attached hydrogen (secondary N) is 1. The molecule has 1 rings (SSSR count). The third-order valence-electron chi connectivity index (χ3n) is 2.07. The van der Waals surface area contributed by atoms with Crippen molar-refractivity contribution in [3.05, 3.63) is 23.8 Å². The second kappa shape index (κ2) is 6.91. The fourth-order valence-electron chi connectivity index (χ4n) is 1.23. The second-order valence-electron chi connectivity index (χ2n) is 3.24. The van der Waals surface area contributed by atoms with Crippen molar-refractivity contribution in [3.63, 3.8) is 0 Å². The first-order chi connectivity index (χ1) is 8.71. The summed E-state index contributed by atoms with van der Waals surface area (Å²) in [4.78, 5) is 11.0. The summed E-state index contributed by atoms with van der Waals surface area (Å²) in [5.41, 5.74) is 2.89. The van der Waals surface area contributed by atoms with Crippen LogP contribution in [0.4, 0.5) is 0 Å². The minimum absolute atomic E-state index is 0.230. The summed E-state index contributed by atoms with van der Waals surface area (Å²) in [5, 5.41) is 12.0. The van der Waals surface area contributed by atoms with Crippen LogP contribution in [0.3, 0.4) is 0 Å². The number of benzene rings is 1. The third-order valence-corrected chi connectivity index (χ3v) is 2.07. The van der Waals surface area contributed by atoms with Crippen molar-refractivity contribution in [1.29, 1.82) is 5.26 Å². The number of hydrogen-bond acceptors (Lipinski definition) is 5. The standard InChI is InChI=1S/C12H13N3O3/c1-17-10-3-4-11(18-2)9(7-10)8-14-15-12(16)5-6-13/h3-4,7-8H,5H2,1-2H3,(H,15,16)/b14-8-. The molecule has 0 unspecified atom stereocenters. The van der Waals surface area contributed by atoms with Crippen molar-refractivity contribution in [2.45, 2.75) is 6.42 Å². The van der Waals surface area contributed by atoms with Gasteiger partial charge in [-0.15, -0.1) is 0 Å². The van der Waals surface area contributed by atoms with Crippen molar-refractivity contribution in [2.75, 3.05) is 14.2 Å². The first-order valence-electron chi connectivity index (χ1n) is 5.12. The topological polar surface area (TPSA) is 83.7 Å². The summed E-state index contributed by atoms with van der Waals surface area (Å²) in [7, 11) is 3.09. The van der Waals surface area contributed by atoms with Gasteiger partial charge in [0.15, 0.2) is 0 Å². The summed E-state index contributed by atoms with van der Waals surface area (Å²) < 4.78 is 10.2. The van der Waals surface area contributed by atoms with Gasteiger partial charge in [-0.2, -0.15) is 10.4 Å². The molecule has 18 heavy (non-hydrogen) atoms. The van der Waals surface area contributed by atoms with Gasteiger partial charge in [0.05, 0.1) is 26.5 Å². The molecule has 0 saturated carbocycles. The molecule has 0 aliphatic rings. The third kappa shape index (κ3) is 3.79. The van der Waals surface area contributed by atoms with E-state index in [1.165, 1.54) is 13.3 Å². The molecule has 0 aromatic heterocycles. The maximum absolute atomic E-state index is 11.0. The number of amides is 1. The summed E-state index contributed by atoms with van der Waals surface area (Å²) >= 11 is 0. The Kier molecular flexibility index (Phi) is 5.19. The highest BCUT2D eigenvalue weighted by Crippen LogP contribution is 2.22. The normalized spacial score (nSPS) is 9.83. The second-order valence-corrected chi connectivity index (χ2v) is 3.24. The van der Waals surface area contributed by atoms with E-state index in [0.717, 1.165) is 0 Å². The Hall–Kier alpha value is -2.55. The van der Waals surface area contributed by atoms with Gasteiger partial charge in [-0.1, -0.05) is 0 Å². The summed E-state index contributed by atoms with van der Waals surface area (Å²) in [5.74, 6) is 0.797. The first kappa shape index (κ1) is 13.5. The van der Waals surface area contributed by atoms with Crippen LogP contribution < -0.4 is 14.9 Å². The minimum Gasteiger partial charge on any atom is -0.497 e. The molecule has 0 bridgehead atoms. The van der Waals surface area contributed by atoms with Gasteiger partial charge in [0.2, 0.25) is 0 Å². The lowest BCUT2D eigenvalue weighted by atomic mass is 10.2. The van der Waals surface area contributed by atoms with Gasteiger partial charge in [0.1, 0.15) is 17.9 Å². The van der Waals surface area contributed by atoms with Crippen molar-refractivity contribution in [1.82, 2.24) is 5.43 Å². The van der Waals surface area contributed by atoms with Crippen molar-refractivity contribution in [3.8, 4) is 17.6 Å². The smallest absolute Gasteiger partial charge is 0.254 e. The fourth-order valence-corrected chi connectivity index (χ4v) is 1.23. The number of hydrazone groups is 1. The molecule has 0 aliphatic heterocycles. The van der Waals surface area contributed by atoms with Gasteiger partial charge in [0.25, 0.3) is 5.91 Å². The molecule has 6 heteroatoms. The van der Waals surface area contributed by atoms with Crippen LogP contribution in [0, 0.1) is 11.3 Å². The maximum atomic E-state index is 11.0. The highest BCUT2D eigenvalue weighted by molar-refractivity contribution is 5.86. The SMILES string of the molecule is COc1ccc(OC)c(/C=N\NC(=O)CC#N)c1. The molecule has 1 N–H and O–H groups in total. The van der Waals surface area contributed by atoms with Crippen LogP contribution in [0.2, 0.25) is 0 Å². The molecule has 1 amide bonds. The lowest BCUT2D eigenvalue weighted by Gasteiger charge is -2.06. The Morgan fingerprint density at radius 1 is 1.50 bits per heavy atom. The number of rotatable bonds is 5. The number of ether oxygens (including phenoxy) is 2. The van der Waals surface area contributed by atoms with Crippen molar-refractivity contribution in [2.24, 2.45) is 5.10 Å². The van der Waals surface area contributed by atoms with E-state index in [1.807, 2.05) is 0 Å². The van der Waals surface area contributed by atoms with Crippen LogP contribution in [0.25, 0.3) is 0 Å². The molecule has 0 heterocycles. The van der Waals surface area contributed by atoms with Crippen LogP contribution in [-0.4, -0.2) is 26.3 Å². The number of hydrogen-bond donors (Lipinski definition) is 1. The van der Waals surface area contributed by atoms with Crippen LogP contribution >= 0.6 is 0 Å². The molecular formula is C12H13N3O3. The Bertz CT molecular complexity index is 492. The number of carbonyl (C=O) groups is 1. The van der Waals surface area contributed by atoms with Gasteiger partial charge >= 0.3 is 0 Å². The van der Waals surface area contributed by atoms with Gasteiger partial charge in [-0.25, -0.2) is 5.43 Å². The molecule has 0 fully saturated rings. The highest BCUT2D eigenvalue weighted by atomic mass is 16.5. The molecule has 0 aliphatic carbocycles. The Morgan fingerprint density at radius 3 is 2.89 bits per heavy atom. The Balaban J connectivity index is 2.79.